The summed E-state index contributed by atoms with van der Waals surface area (Å²) in [5, 5.41) is 7.00. The fourth-order valence-electron chi connectivity index (χ4n) is 4.23. The number of ether oxygens (including phenoxy) is 3. The van der Waals surface area contributed by atoms with E-state index in [-0.39, 0.29) is 29.4 Å². The highest BCUT2D eigenvalue weighted by Crippen LogP contribution is 2.52. The molecule has 0 aromatic heterocycles. The van der Waals surface area contributed by atoms with Crippen LogP contribution in [0.3, 0.4) is 0 Å². The number of nitrogens with one attached hydrogen (secondary N) is 2. The summed E-state index contributed by atoms with van der Waals surface area (Å²) in [6.07, 6.45) is 1.49. The van der Waals surface area contributed by atoms with E-state index in [1.54, 1.807) is 14.2 Å². The molecule has 1 aromatic rings. The molecule has 0 spiro atoms. The lowest BCUT2D eigenvalue weighted by atomic mass is 9.57. The highest BCUT2D eigenvalue weighted by atomic mass is 127. The van der Waals surface area contributed by atoms with Gasteiger partial charge in [0.15, 0.2) is 5.96 Å². The van der Waals surface area contributed by atoms with Crippen LogP contribution >= 0.6 is 24.0 Å². The van der Waals surface area contributed by atoms with Crippen LogP contribution in [0.15, 0.2) is 23.2 Å². The van der Waals surface area contributed by atoms with Crippen LogP contribution in [0.2, 0.25) is 0 Å². The van der Waals surface area contributed by atoms with Crippen LogP contribution in [-0.4, -0.2) is 45.5 Å². The maximum atomic E-state index is 5.89. The molecule has 1 aromatic carbocycles. The fourth-order valence-corrected chi connectivity index (χ4v) is 4.23. The van der Waals surface area contributed by atoms with E-state index in [1.165, 1.54) is 0 Å². The summed E-state index contributed by atoms with van der Waals surface area (Å²) in [6.45, 7) is 8.86. The Labute approximate surface area is 179 Å². The van der Waals surface area contributed by atoms with Crippen molar-refractivity contribution in [1.82, 2.24) is 10.6 Å². The van der Waals surface area contributed by atoms with Gasteiger partial charge in [0.2, 0.25) is 0 Å². The predicted molar refractivity (Wildman–Crippen MR) is 118 cm³/mol. The zero-order chi connectivity index (χ0) is 18.7. The highest BCUT2D eigenvalue weighted by molar-refractivity contribution is 14.0. The minimum atomic E-state index is 0. The highest BCUT2D eigenvalue weighted by Gasteiger charge is 2.59. The van der Waals surface area contributed by atoms with Crippen LogP contribution in [-0.2, 0) is 11.3 Å². The summed E-state index contributed by atoms with van der Waals surface area (Å²) in [6, 6.07) is 6.20. The van der Waals surface area contributed by atoms with Crippen molar-refractivity contribution in [3.63, 3.8) is 0 Å². The van der Waals surface area contributed by atoms with Gasteiger partial charge in [0.25, 0.3) is 0 Å². The van der Waals surface area contributed by atoms with E-state index >= 15 is 0 Å². The number of rotatable bonds is 6. The summed E-state index contributed by atoms with van der Waals surface area (Å²) in [7, 11) is 3.32. The summed E-state index contributed by atoms with van der Waals surface area (Å²) < 4.78 is 16.6. The Hall–Kier alpha value is -1.22. The second-order valence-electron chi connectivity index (χ2n) is 7.56. The Balaban J connectivity index is 0.00000261. The molecule has 6 nitrogen and oxygen atoms in total. The number of guanidine groups is 1. The Morgan fingerprint density at radius 3 is 2.74 bits per heavy atom. The van der Waals surface area contributed by atoms with Crippen LogP contribution < -0.4 is 20.1 Å². The molecule has 1 aliphatic carbocycles. The van der Waals surface area contributed by atoms with Crippen molar-refractivity contribution in [2.45, 2.75) is 45.9 Å². The number of fused-ring (bicyclic) bond motifs is 1. The molecule has 27 heavy (non-hydrogen) atoms. The van der Waals surface area contributed by atoms with E-state index in [0.29, 0.717) is 24.6 Å². The van der Waals surface area contributed by atoms with E-state index in [4.69, 9.17) is 19.2 Å². The van der Waals surface area contributed by atoms with Crippen LogP contribution in [0, 0.1) is 11.3 Å². The summed E-state index contributed by atoms with van der Waals surface area (Å²) in [5.41, 5.74) is 1.15. The molecular weight excluding hydrogens is 457 g/mol. The number of aliphatic imine (C=N–C) groups is 1. The maximum Gasteiger partial charge on any atom is 0.191 e. The van der Waals surface area contributed by atoms with Crippen LogP contribution in [0.5, 0.6) is 11.5 Å². The molecule has 1 aliphatic heterocycles. The molecule has 2 aliphatic rings. The topological polar surface area (TPSA) is 64.1 Å². The second kappa shape index (κ2) is 9.32. The van der Waals surface area contributed by atoms with Crippen molar-refractivity contribution in [3.05, 3.63) is 23.8 Å². The van der Waals surface area contributed by atoms with Gasteiger partial charge in [-0.15, -0.1) is 24.0 Å². The van der Waals surface area contributed by atoms with Gasteiger partial charge in [0.1, 0.15) is 11.5 Å². The number of halogens is 1. The molecule has 3 unspecified atom stereocenters. The maximum absolute atomic E-state index is 5.89. The number of nitrogens with zero attached hydrogens (tertiary/aromatic N) is 1. The number of hydrogen-bond donors (Lipinski definition) is 2. The molecule has 1 heterocycles. The minimum Gasteiger partial charge on any atom is -0.497 e. The van der Waals surface area contributed by atoms with Gasteiger partial charge < -0.3 is 24.8 Å². The Kier molecular flexibility index (Phi) is 7.62. The second-order valence-corrected chi connectivity index (χ2v) is 7.56. The molecule has 0 bridgehead atoms. The van der Waals surface area contributed by atoms with Gasteiger partial charge in [0, 0.05) is 42.2 Å². The molecule has 2 N–H and O–H groups in total. The smallest absolute Gasteiger partial charge is 0.191 e. The Bertz CT molecular complexity index is 666. The van der Waals surface area contributed by atoms with E-state index in [0.717, 1.165) is 42.6 Å². The average molecular weight is 489 g/mol. The van der Waals surface area contributed by atoms with Gasteiger partial charge in [0.05, 0.1) is 26.9 Å². The fraction of sp³-hybridized carbons (Fsp3) is 0.650. The molecule has 3 rings (SSSR count). The van der Waals surface area contributed by atoms with E-state index < -0.39 is 0 Å². The summed E-state index contributed by atoms with van der Waals surface area (Å²) in [5.74, 6) is 2.98. The monoisotopic (exact) mass is 489 g/mol. The van der Waals surface area contributed by atoms with E-state index in [2.05, 4.69) is 31.4 Å². The Morgan fingerprint density at radius 2 is 2.07 bits per heavy atom. The Morgan fingerprint density at radius 1 is 1.30 bits per heavy atom. The van der Waals surface area contributed by atoms with Gasteiger partial charge in [-0.1, -0.05) is 13.8 Å². The molecule has 3 atom stereocenters. The van der Waals surface area contributed by atoms with Crippen molar-refractivity contribution in [1.29, 1.82) is 0 Å². The molecule has 1 saturated carbocycles. The summed E-state index contributed by atoms with van der Waals surface area (Å²) in [4.78, 5) is 4.78. The zero-order valence-corrected chi connectivity index (χ0v) is 19.2. The van der Waals surface area contributed by atoms with Crippen molar-refractivity contribution >= 4 is 29.9 Å². The quantitative estimate of drug-likeness (QED) is 0.365. The van der Waals surface area contributed by atoms with Crippen LogP contribution in [0.4, 0.5) is 0 Å². The SMILES string of the molecule is CCNC(=NCc1ccc(OC)cc1OC)NC1C2CCOC2C1(C)C.I. The first-order valence-electron chi connectivity index (χ1n) is 9.38. The van der Waals surface area contributed by atoms with Crippen LogP contribution in [0.1, 0.15) is 32.8 Å². The third-order valence-corrected chi connectivity index (χ3v) is 5.64. The molecule has 0 radical (unpaired) electrons. The normalized spacial score (nSPS) is 25.7. The molecule has 152 valence electrons. The van der Waals surface area contributed by atoms with Gasteiger partial charge in [-0.25, -0.2) is 4.99 Å². The largest absolute Gasteiger partial charge is 0.497 e. The van der Waals surface area contributed by atoms with Gasteiger partial charge in [-0.3, -0.25) is 0 Å². The lowest BCUT2D eigenvalue weighted by Crippen LogP contribution is -2.67. The third-order valence-electron chi connectivity index (χ3n) is 5.64. The standard InChI is InChI=1S/C20H31N3O3.HI/c1-6-21-19(23-17-15-9-10-26-18(15)20(17,2)3)22-12-13-7-8-14(24-4)11-16(13)25-5;/h7-8,11,15,17-18H,6,9-10,12H2,1-5H3,(H2,21,22,23);1H. The first-order valence-corrected chi connectivity index (χ1v) is 9.38. The third kappa shape index (κ3) is 4.45. The van der Waals surface area contributed by atoms with E-state index in [1.807, 2.05) is 18.2 Å². The lowest BCUT2D eigenvalue weighted by Gasteiger charge is -2.54. The lowest BCUT2D eigenvalue weighted by molar-refractivity contribution is -0.106. The van der Waals surface area contributed by atoms with Crippen molar-refractivity contribution in [2.24, 2.45) is 16.3 Å². The van der Waals surface area contributed by atoms with E-state index in [9.17, 15) is 0 Å². The zero-order valence-electron chi connectivity index (χ0n) is 16.9. The number of benzene rings is 1. The van der Waals surface area contributed by atoms with Gasteiger partial charge >= 0.3 is 0 Å². The number of hydrogen-bond acceptors (Lipinski definition) is 4. The van der Waals surface area contributed by atoms with Gasteiger partial charge in [-0.05, 0) is 25.5 Å². The predicted octanol–water partition coefficient (Wildman–Crippen LogP) is 3.19. The average Bonchev–Trinajstić information content (AvgIpc) is 3.11. The van der Waals surface area contributed by atoms with Crippen molar-refractivity contribution < 1.29 is 14.2 Å². The molecule has 0 amide bonds. The molecule has 2 fully saturated rings. The van der Waals surface area contributed by atoms with Crippen molar-refractivity contribution in [2.75, 3.05) is 27.4 Å². The minimum absolute atomic E-state index is 0. The summed E-state index contributed by atoms with van der Waals surface area (Å²) >= 11 is 0. The molecular formula is C20H32IN3O3. The molecule has 7 heteroatoms. The number of methoxy groups -OCH3 is 2. The van der Waals surface area contributed by atoms with Gasteiger partial charge in [-0.2, -0.15) is 0 Å². The molecule has 1 saturated heterocycles. The van der Waals surface area contributed by atoms with Crippen LogP contribution in [0.25, 0.3) is 0 Å². The first kappa shape index (κ1) is 22.1. The first-order chi connectivity index (χ1) is 12.5. The van der Waals surface area contributed by atoms with Crippen molar-refractivity contribution in [3.8, 4) is 11.5 Å².